The summed E-state index contributed by atoms with van der Waals surface area (Å²) < 4.78 is 44.7. The Balaban J connectivity index is 1.82. The number of methoxy groups -OCH3 is 3. The molecule has 0 spiro atoms. The summed E-state index contributed by atoms with van der Waals surface area (Å²) in [7, 11) is 0.926. The van der Waals surface area contributed by atoms with E-state index in [9.17, 15) is 13.2 Å². The zero-order chi connectivity index (χ0) is 24.9. The Morgan fingerprint density at radius 1 is 1.00 bits per heavy atom. The van der Waals surface area contributed by atoms with Crippen LogP contribution in [0.1, 0.15) is 25.8 Å². The zero-order valence-electron chi connectivity index (χ0n) is 20.2. The topological polar surface area (TPSA) is 94.2 Å². The van der Waals surface area contributed by atoms with E-state index in [1.807, 2.05) is 19.9 Å². The molecule has 1 heterocycles. The molecule has 1 amide bonds. The van der Waals surface area contributed by atoms with E-state index < -0.39 is 16.1 Å². The van der Waals surface area contributed by atoms with Crippen LogP contribution in [0.15, 0.2) is 53.4 Å². The average Bonchev–Trinajstić information content (AvgIpc) is 2.86. The second-order valence-electron chi connectivity index (χ2n) is 8.33. The number of carbonyl (C=O) groups is 1. The van der Waals surface area contributed by atoms with E-state index in [2.05, 4.69) is 4.72 Å². The Labute approximate surface area is 201 Å². The number of benzene rings is 2. The third-order valence-corrected chi connectivity index (χ3v) is 7.28. The largest absolute Gasteiger partial charge is 0.496 e. The Kier molecular flexibility index (Phi) is 8.22. The number of sulfonamides is 1. The molecule has 0 fully saturated rings. The van der Waals surface area contributed by atoms with Crippen molar-refractivity contribution in [3.8, 4) is 17.2 Å². The lowest BCUT2D eigenvalue weighted by Gasteiger charge is -2.32. The highest BCUT2D eigenvalue weighted by Crippen LogP contribution is 2.41. The maximum absolute atomic E-state index is 13.3. The number of nitrogens with zero attached hydrogens (tertiary/aromatic N) is 1. The highest BCUT2D eigenvalue weighted by atomic mass is 32.2. The van der Waals surface area contributed by atoms with Gasteiger partial charge in [-0.25, -0.2) is 8.42 Å². The minimum absolute atomic E-state index is 0.132. The third kappa shape index (κ3) is 5.53. The monoisotopic (exact) mass is 488 g/mol. The molecule has 8 nitrogen and oxygen atoms in total. The number of rotatable bonds is 9. The Morgan fingerprint density at radius 2 is 1.62 bits per heavy atom. The summed E-state index contributed by atoms with van der Waals surface area (Å²) >= 11 is 0. The van der Waals surface area contributed by atoms with Crippen molar-refractivity contribution in [2.45, 2.75) is 31.2 Å². The van der Waals surface area contributed by atoms with Crippen LogP contribution < -0.4 is 18.9 Å². The fraction of sp³-hybridized carbons (Fsp3) is 0.400. The molecule has 1 N–H and O–H groups in total. The maximum atomic E-state index is 13.3. The zero-order valence-corrected chi connectivity index (χ0v) is 21.0. The van der Waals surface area contributed by atoms with Gasteiger partial charge in [0.25, 0.3) is 0 Å². The van der Waals surface area contributed by atoms with E-state index in [0.29, 0.717) is 36.8 Å². The van der Waals surface area contributed by atoms with Gasteiger partial charge in [0.2, 0.25) is 15.9 Å². The molecular formula is C25H32N2O6S. The van der Waals surface area contributed by atoms with Crippen molar-refractivity contribution in [3.05, 3.63) is 54.1 Å². The van der Waals surface area contributed by atoms with Gasteiger partial charge in [0.15, 0.2) is 0 Å². The van der Waals surface area contributed by atoms with Crippen molar-refractivity contribution < 1.29 is 27.4 Å². The summed E-state index contributed by atoms with van der Waals surface area (Å²) in [5, 5.41) is 0. The molecule has 9 heteroatoms. The van der Waals surface area contributed by atoms with Crippen LogP contribution in [-0.4, -0.2) is 59.7 Å². The summed E-state index contributed by atoms with van der Waals surface area (Å²) in [6.07, 6.45) is 2.53. The van der Waals surface area contributed by atoms with Crippen LogP contribution in [0.2, 0.25) is 0 Å². The smallest absolute Gasteiger partial charge is 0.241 e. The van der Waals surface area contributed by atoms with Gasteiger partial charge in [0.05, 0.1) is 31.8 Å². The molecule has 0 aromatic heterocycles. The minimum atomic E-state index is -3.82. The van der Waals surface area contributed by atoms with Crippen molar-refractivity contribution in [1.82, 2.24) is 9.62 Å². The first-order valence-corrected chi connectivity index (χ1v) is 12.6. The van der Waals surface area contributed by atoms with E-state index in [-0.39, 0.29) is 16.7 Å². The molecule has 2 aromatic carbocycles. The number of nitrogens with one attached hydrogen (secondary N) is 1. The highest BCUT2D eigenvalue weighted by molar-refractivity contribution is 7.89. The van der Waals surface area contributed by atoms with Crippen LogP contribution in [-0.2, 0) is 14.8 Å². The van der Waals surface area contributed by atoms with Gasteiger partial charge in [0, 0.05) is 25.2 Å². The molecule has 2 aromatic rings. The summed E-state index contributed by atoms with van der Waals surface area (Å²) in [5.74, 6) is 1.39. The van der Waals surface area contributed by atoms with Gasteiger partial charge in [-0.3, -0.25) is 4.79 Å². The van der Waals surface area contributed by atoms with Crippen LogP contribution in [0.3, 0.4) is 0 Å². The molecule has 0 saturated carbocycles. The van der Waals surface area contributed by atoms with Gasteiger partial charge in [-0.2, -0.15) is 4.72 Å². The van der Waals surface area contributed by atoms with Crippen LogP contribution in [0.25, 0.3) is 5.57 Å². The Morgan fingerprint density at radius 3 is 2.09 bits per heavy atom. The SMILES string of the molecule is COc1cc(OC)c(C2=CCN(C(=O)[C@H](NS(=O)(=O)c3ccccc3)C(C)C)CC2)c(OC)c1. The minimum Gasteiger partial charge on any atom is -0.496 e. The van der Waals surface area contributed by atoms with Crippen LogP contribution in [0.5, 0.6) is 17.2 Å². The van der Waals surface area contributed by atoms with Gasteiger partial charge >= 0.3 is 0 Å². The number of carbonyl (C=O) groups excluding carboxylic acids is 1. The van der Waals surface area contributed by atoms with Gasteiger partial charge in [-0.1, -0.05) is 38.1 Å². The van der Waals surface area contributed by atoms with Gasteiger partial charge < -0.3 is 19.1 Å². The van der Waals surface area contributed by atoms with E-state index in [0.717, 1.165) is 11.1 Å². The number of hydrogen-bond donors (Lipinski definition) is 1. The standard InChI is InChI=1S/C25H32N2O6S/c1-17(2)24(26-34(29,30)20-9-7-6-8-10-20)25(28)27-13-11-18(12-14-27)23-21(32-4)15-19(31-3)16-22(23)33-5/h6-11,15-17,24,26H,12-14H2,1-5H3/t24-/m1/s1. The van der Waals surface area contributed by atoms with Crippen LogP contribution >= 0.6 is 0 Å². The van der Waals surface area contributed by atoms with Crippen LogP contribution in [0, 0.1) is 5.92 Å². The first-order valence-electron chi connectivity index (χ1n) is 11.1. The normalized spacial score (nSPS) is 15.0. The Hall–Kier alpha value is -3.04. The quantitative estimate of drug-likeness (QED) is 0.582. The molecule has 0 bridgehead atoms. The maximum Gasteiger partial charge on any atom is 0.241 e. The predicted octanol–water partition coefficient (Wildman–Crippen LogP) is 3.33. The van der Waals surface area contributed by atoms with Crippen molar-refractivity contribution in [3.63, 3.8) is 0 Å². The van der Waals surface area contributed by atoms with Gasteiger partial charge in [-0.05, 0) is 30.0 Å². The molecule has 1 aliphatic rings. The fourth-order valence-electron chi connectivity index (χ4n) is 3.92. The molecule has 184 valence electrons. The van der Waals surface area contributed by atoms with Crippen molar-refractivity contribution in [2.75, 3.05) is 34.4 Å². The molecule has 0 unspecified atom stereocenters. The van der Waals surface area contributed by atoms with Crippen molar-refractivity contribution >= 4 is 21.5 Å². The first-order chi connectivity index (χ1) is 16.2. The second kappa shape index (κ2) is 10.9. The molecule has 1 aliphatic heterocycles. The number of hydrogen-bond acceptors (Lipinski definition) is 6. The third-order valence-electron chi connectivity index (χ3n) is 5.83. The molecule has 0 radical (unpaired) electrons. The van der Waals surface area contributed by atoms with E-state index in [4.69, 9.17) is 14.2 Å². The molecule has 1 atom stereocenters. The highest BCUT2D eigenvalue weighted by Gasteiger charge is 2.32. The van der Waals surface area contributed by atoms with E-state index >= 15 is 0 Å². The number of amides is 1. The first kappa shape index (κ1) is 25.6. The van der Waals surface area contributed by atoms with E-state index in [1.54, 1.807) is 56.6 Å². The second-order valence-corrected chi connectivity index (χ2v) is 10.0. The summed E-state index contributed by atoms with van der Waals surface area (Å²) in [6.45, 7) is 4.45. The summed E-state index contributed by atoms with van der Waals surface area (Å²) in [4.78, 5) is 15.1. The summed E-state index contributed by atoms with van der Waals surface area (Å²) in [5.41, 5.74) is 1.81. The van der Waals surface area contributed by atoms with Crippen molar-refractivity contribution in [2.24, 2.45) is 5.92 Å². The fourth-order valence-corrected chi connectivity index (χ4v) is 5.28. The molecule has 0 saturated heterocycles. The van der Waals surface area contributed by atoms with Crippen LogP contribution in [0.4, 0.5) is 0 Å². The molecule has 34 heavy (non-hydrogen) atoms. The molecular weight excluding hydrogens is 456 g/mol. The van der Waals surface area contributed by atoms with E-state index in [1.165, 1.54) is 12.1 Å². The average molecular weight is 489 g/mol. The lowest BCUT2D eigenvalue weighted by atomic mass is 9.96. The predicted molar refractivity (Wildman–Crippen MR) is 131 cm³/mol. The number of ether oxygens (including phenoxy) is 3. The van der Waals surface area contributed by atoms with Crippen molar-refractivity contribution in [1.29, 1.82) is 0 Å². The molecule has 0 aliphatic carbocycles. The molecule has 3 rings (SSSR count). The lowest BCUT2D eigenvalue weighted by molar-refractivity contribution is -0.133. The summed E-state index contributed by atoms with van der Waals surface area (Å²) in [6, 6.07) is 10.8. The lowest BCUT2D eigenvalue weighted by Crippen LogP contribution is -2.52. The van der Waals surface area contributed by atoms with Gasteiger partial charge in [-0.15, -0.1) is 0 Å². The van der Waals surface area contributed by atoms with Gasteiger partial charge in [0.1, 0.15) is 23.3 Å². The Bertz CT molecular complexity index is 1120.